The average molecular weight is 253 g/mol. The first-order valence-electron chi connectivity index (χ1n) is 6.86. The van der Waals surface area contributed by atoms with Crippen LogP contribution in [-0.4, -0.2) is 30.0 Å². The molecule has 0 radical (unpaired) electrons. The number of nitrogens with zero attached hydrogens (tertiary/aromatic N) is 2. The molecule has 0 amide bonds. The largest absolute Gasteiger partial charge is 0.385 e. The fourth-order valence-corrected chi connectivity index (χ4v) is 1.89. The predicted octanol–water partition coefficient (Wildman–Crippen LogP) is 2.36. The van der Waals surface area contributed by atoms with Gasteiger partial charge in [0.2, 0.25) is 0 Å². The van der Waals surface area contributed by atoms with E-state index >= 15 is 0 Å². The van der Waals surface area contributed by atoms with Crippen LogP contribution in [0.3, 0.4) is 0 Å². The molecule has 1 aromatic heterocycles. The lowest BCUT2D eigenvalue weighted by Crippen LogP contribution is -2.19. The predicted molar refractivity (Wildman–Crippen MR) is 74.6 cm³/mol. The number of aryl methyl sites for hydroxylation is 1. The molecule has 0 aliphatic carbocycles. The highest BCUT2D eigenvalue weighted by molar-refractivity contribution is 5.15. The molecular formula is C14H27N3O. The molecule has 1 heterocycles. The summed E-state index contributed by atoms with van der Waals surface area (Å²) in [6, 6.07) is 0. The van der Waals surface area contributed by atoms with Gasteiger partial charge in [0.15, 0.2) is 0 Å². The Bertz CT molecular complexity index is 334. The van der Waals surface area contributed by atoms with E-state index in [4.69, 9.17) is 4.74 Å². The molecule has 1 N–H and O–H groups in total. The minimum absolute atomic E-state index is 0.689. The quantitative estimate of drug-likeness (QED) is 0.687. The van der Waals surface area contributed by atoms with Crippen molar-refractivity contribution < 1.29 is 4.74 Å². The molecule has 4 nitrogen and oxygen atoms in total. The number of nitrogens with one attached hydrogen (secondary N) is 1. The Morgan fingerprint density at radius 1 is 1.39 bits per heavy atom. The third-order valence-electron chi connectivity index (χ3n) is 3.04. The van der Waals surface area contributed by atoms with Crippen LogP contribution in [0.5, 0.6) is 0 Å². The molecule has 1 aromatic rings. The highest BCUT2D eigenvalue weighted by Crippen LogP contribution is 2.08. The van der Waals surface area contributed by atoms with E-state index in [9.17, 15) is 0 Å². The summed E-state index contributed by atoms with van der Waals surface area (Å²) in [5.41, 5.74) is 2.59. The van der Waals surface area contributed by atoms with Crippen molar-refractivity contribution in [2.45, 2.75) is 46.7 Å². The van der Waals surface area contributed by atoms with E-state index in [-0.39, 0.29) is 0 Å². The molecule has 0 aromatic carbocycles. The van der Waals surface area contributed by atoms with Crippen molar-refractivity contribution in [2.75, 3.05) is 20.3 Å². The standard InChI is InChI=1S/C14H27N3O/c1-12(2)9-15-10-14-11-16-17(13(14)3)7-5-6-8-18-4/h11-12,15H,5-10H2,1-4H3. The van der Waals surface area contributed by atoms with E-state index in [1.54, 1.807) is 7.11 Å². The minimum Gasteiger partial charge on any atom is -0.385 e. The van der Waals surface area contributed by atoms with Crippen LogP contribution in [0.2, 0.25) is 0 Å². The zero-order chi connectivity index (χ0) is 13.4. The Morgan fingerprint density at radius 2 is 2.17 bits per heavy atom. The van der Waals surface area contributed by atoms with Crippen molar-refractivity contribution >= 4 is 0 Å². The van der Waals surface area contributed by atoms with Gasteiger partial charge >= 0.3 is 0 Å². The maximum absolute atomic E-state index is 5.05. The molecule has 0 atom stereocenters. The van der Waals surface area contributed by atoms with Crippen molar-refractivity contribution in [1.29, 1.82) is 0 Å². The highest BCUT2D eigenvalue weighted by Gasteiger charge is 2.05. The van der Waals surface area contributed by atoms with E-state index in [2.05, 4.69) is 35.9 Å². The van der Waals surface area contributed by atoms with Crippen LogP contribution in [0.15, 0.2) is 6.20 Å². The van der Waals surface area contributed by atoms with Crippen LogP contribution in [0.4, 0.5) is 0 Å². The van der Waals surface area contributed by atoms with E-state index in [0.717, 1.165) is 39.1 Å². The van der Waals surface area contributed by atoms with Gasteiger partial charge in [-0.25, -0.2) is 0 Å². The zero-order valence-electron chi connectivity index (χ0n) is 12.2. The van der Waals surface area contributed by atoms with Crippen LogP contribution in [-0.2, 0) is 17.8 Å². The molecule has 0 unspecified atom stereocenters. The average Bonchev–Trinajstić information content (AvgIpc) is 2.67. The Balaban J connectivity index is 2.35. The monoisotopic (exact) mass is 253 g/mol. The summed E-state index contributed by atoms with van der Waals surface area (Å²) in [6.07, 6.45) is 4.20. The van der Waals surface area contributed by atoms with Crippen LogP contribution in [0.1, 0.15) is 37.9 Å². The normalized spacial score (nSPS) is 11.4. The van der Waals surface area contributed by atoms with E-state index in [1.165, 1.54) is 11.3 Å². The lowest BCUT2D eigenvalue weighted by Gasteiger charge is -2.08. The molecule has 18 heavy (non-hydrogen) atoms. The lowest BCUT2D eigenvalue weighted by molar-refractivity contribution is 0.191. The van der Waals surface area contributed by atoms with Crippen molar-refractivity contribution in [3.05, 3.63) is 17.5 Å². The maximum Gasteiger partial charge on any atom is 0.0537 e. The van der Waals surface area contributed by atoms with Gasteiger partial charge in [-0.1, -0.05) is 13.8 Å². The highest BCUT2D eigenvalue weighted by atomic mass is 16.5. The molecule has 1 rings (SSSR count). The van der Waals surface area contributed by atoms with Crippen molar-refractivity contribution in [1.82, 2.24) is 15.1 Å². The molecular weight excluding hydrogens is 226 g/mol. The summed E-state index contributed by atoms with van der Waals surface area (Å²) in [7, 11) is 1.75. The van der Waals surface area contributed by atoms with Crippen LogP contribution in [0, 0.1) is 12.8 Å². The van der Waals surface area contributed by atoms with Gasteiger partial charge in [0.05, 0.1) is 6.20 Å². The smallest absolute Gasteiger partial charge is 0.0537 e. The Morgan fingerprint density at radius 3 is 2.83 bits per heavy atom. The summed E-state index contributed by atoms with van der Waals surface area (Å²) < 4.78 is 7.15. The Labute approximate surface area is 111 Å². The summed E-state index contributed by atoms with van der Waals surface area (Å²) in [5, 5.41) is 7.91. The van der Waals surface area contributed by atoms with Crippen molar-refractivity contribution in [3.8, 4) is 0 Å². The van der Waals surface area contributed by atoms with Gasteiger partial charge < -0.3 is 10.1 Å². The van der Waals surface area contributed by atoms with Gasteiger partial charge in [0, 0.05) is 38.1 Å². The van der Waals surface area contributed by atoms with E-state index in [1.807, 2.05) is 6.20 Å². The number of hydrogen-bond acceptors (Lipinski definition) is 3. The molecule has 0 aliphatic heterocycles. The first-order chi connectivity index (χ1) is 8.65. The first kappa shape index (κ1) is 15.2. The second-order valence-electron chi connectivity index (χ2n) is 5.20. The van der Waals surface area contributed by atoms with E-state index in [0.29, 0.717) is 5.92 Å². The summed E-state index contributed by atoms with van der Waals surface area (Å²) >= 11 is 0. The fourth-order valence-electron chi connectivity index (χ4n) is 1.89. The second kappa shape index (κ2) is 8.27. The van der Waals surface area contributed by atoms with Crippen molar-refractivity contribution in [2.24, 2.45) is 5.92 Å². The molecule has 0 spiro atoms. The summed E-state index contributed by atoms with van der Waals surface area (Å²) in [5.74, 6) is 0.689. The summed E-state index contributed by atoms with van der Waals surface area (Å²) in [4.78, 5) is 0. The fraction of sp³-hybridized carbons (Fsp3) is 0.786. The van der Waals surface area contributed by atoms with Crippen LogP contribution in [0.25, 0.3) is 0 Å². The minimum atomic E-state index is 0.689. The Kier molecular flexibility index (Phi) is 6.98. The third kappa shape index (κ3) is 5.19. The van der Waals surface area contributed by atoms with Crippen LogP contribution >= 0.6 is 0 Å². The number of unbranched alkanes of at least 4 members (excludes halogenated alkanes) is 1. The zero-order valence-corrected chi connectivity index (χ0v) is 12.2. The topological polar surface area (TPSA) is 39.1 Å². The second-order valence-corrected chi connectivity index (χ2v) is 5.20. The van der Waals surface area contributed by atoms with Gasteiger partial charge in [0.1, 0.15) is 0 Å². The van der Waals surface area contributed by atoms with Crippen molar-refractivity contribution in [3.63, 3.8) is 0 Å². The first-order valence-corrected chi connectivity index (χ1v) is 6.86. The van der Waals surface area contributed by atoms with Gasteiger partial charge in [-0.2, -0.15) is 5.10 Å². The number of ether oxygens (including phenoxy) is 1. The number of rotatable bonds is 9. The third-order valence-corrected chi connectivity index (χ3v) is 3.04. The van der Waals surface area contributed by atoms with Gasteiger partial charge in [-0.3, -0.25) is 4.68 Å². The number of hydrogen-bond donors (Lipinski definition) is 1. The molecule has 4 heteroatoms. The molecule has 0 bridgehead atoms. The van der Waals surface area contributed by atoms with Crippen LogP contribution < -0.4 is 5.32 Å². The van der Waals surface area contributed by atoms with Gasteiger partial charge in [0.25, 0.3) is 0 Å². The van der Waals surface area contributed by atoms with E-state index < -0.39 is 0 Å². The maximum atomic E-state index is 5.05. The van der Waals surface area contributed by atoms with Gasteiger partial charge in [-0.15, -0.1) is 0 Å². The molecule has 0 aliphatic rings. The summed E-state index contributed by atoms with van der Waals surface area (Å²) in [6.45, 7) is 10.4. The number of methoxy groups -OCH3 is 1. The lowest BCUT2D eigenvalue weighted by atomic mass is 10.2. The number of aromatic nitrogens is 2. The Hall–Kier alpha value is -0.870. The molecule has 104 valence electrons. The molecule has 0 saturated heterocycles. The molecule has 0 fully saturated rings. The SMILES string of the molecule is COCCCCn1ncc(CNCC(C)C)c1C. The molecule has 0 saturated carbocycles. The van der Waals surface area contributed by atoms with Gasteiger partial charge in [-0.05, 0) is 32.2 Å².